The second kappa shape index (κ2) is 4.67. The van der Waals surface area contributed by atoms with E-state index >= 15 is 0 Å². The Bertz CT molecular complexity index is 642. The van der Waals surface area contributed by atoms with Crippen molar-refractivity contribution in [1.82, 2.24) is 4.90 Å². The van der Waals surface area contributed by atoms with Gasteiger partial charge in [0.2, 0.25) is 0 Å². The van der Waals surface area contributed by atoms with Gasteiger partial charge in [-0.25, -0.2) is 0 Å². The van der Waals surface area contributed by atoms with E-state index in [9.17, 15) is 9.59 Å². The van der Waals surface area contributed by atoms with Crippen molar-refractivity contribution >= 4 is 22.8 Å². The fraction of sp³-hybridized carbons (Fsp3) is 0.333. The molecule has 2 heterocycles. The minimum atomic E-state index is -0.850. The zero-order valence-electron chi connectivity index (χ0n) is 11.1. The monoisotopic (exact) mass is 273 g/mol. The van der Waals surface area contributed by atoms with Crippen LogP contribution in [0.25, 0.3) is 11.0 Å². The Morgan fingerprint density at radius 1 is 1.30 bits per heavy atom. The molecule has 1 N–H and O–H groups in total. The number of furan rings is 1. The number of aliphatic carboxylic acids is 1. The predicted octanol–water partition coefficient (Wildman–Crippen LogP) is 2.23. The van der Waals surface area contributed by atoms with Gasteiger partial charge in [-0.05, 0) is 18.1 Å². The molecule has 1 aliphatic rings. The van der Waals surface area contributed by atoms with Gasteiger partial charge in [0.15, 0.2) is 5.76 Å². The molecule has 3 rings (SSSR count). The largest absolute Gasteiger partial charge is 0.481 e. The van der Waals surface area contributed by atoms with Crippen LogP contribution in [0, 0.1) is 11.8 Å². The molecule has 0 radical (unpaired) electrons. The third kappa shape index (κ3) is 2.05. The van der Waals surface area contributed by atoms with Crippen molar-refractivity contribution in [3.63, 3.8) is 0 Å². The van der Waals surface area contributed by atoms with Crippen LogP contribution in [0.15, 0.2) is 34.7 Å². The Balaban J connectivity index is 1.84. The Labute approximate surface area is 115 Å². The Kier molecular flexibility index (Phi) is 2.97. The number of para-hydroxylation sites is 1. The van der Waals surface area contributed by atoms with Crippen LogP contribution in [0.2, 0.25) is 0 Å². The van der Waals surface area contributed by atoms with E-state index in [2.05, 4.69) is 0 Å². The molecule has 1 aromatic heterocycles. The number of nitrogens with zero attached hydrogens (tertiary/aromatic N) is 1. The second-order valence-electron chi connectivity index (χ2n) is 5.28. The van der Waals surface area contributed by atoms with Crippen LogP contribution in [-0.4, -0.2) is 35.0 Å². The number of hydrogen-bond donors (Lipinski definition) is 1. The summed E-state index contributed by atoms with van der Waals surface area (Å²) >= 11 is 0. The third-order valence-corrected chi connectivity index (χ3v) is 3.85. The Morgan fingerprint density at radius 3 is 2.70 bits per heavy atom. The molecule has 2 atom stereocenters. The van der Waals surface area contributed by atoms with Gasteiger partial charge in [-0.2, -0.15) is 0 Å². The molecule has 1 aromatic carbocycles. The normalized spacial score (nSPS) is 22.4. The summed E-state index contributed by atoms with van der Waals surface area (Å²) in [6.07, 6.45) is 0. The van der Waals surface area contributed by atoms with Crippen molar-refractivity contribution in [1.29, 1.82) is 0 Å². The van der Waals surface area contributed by atoms with E-state index in [-0.39, 0.29) is 24.1 Å². The highest BCUT2D eigenvalue weighted by Crippen LogP contribution is 2.26. The summed E-state index contributed by atoms with van der Waals surface area (Å²) in [4.78, 5) is 25.0. The number of carboxylic acid groups (broad SMARTS) is 1. The highest BCUT2D eigenvalue weighted by molar-refractivity contribution is 5.96. The second-order valence-corrected chi connectivity index (χ2v) is 5.28. The van der Waals surface area contributed by atoms with Gasteiger partial charge < -0.3 is 14.4 Å². The van der Waals surface area contributed by atoms with Crippen LogP contribution in [0.5, 0.6) is 0 Å². The fourth-order valence-corrected chi connectivity index (χ4v) is 2.70. The molecular weight excluding hydrogens is 258 g/mol. The molecular formula is C15H15NO4. The van der Waals surface area contributed by atoms with Gasteiger partial charge in [-0.1, -0.05) is 25.1 Å². The van der Waals surface area contributed by atoms with Crippen molar-refractivity contribution < 1.29 is 19.1 Å². The quantitative estimate of drug-likeness (QED) is 0.910. The molecule has 2 unspecified atom stereocenters. The molecule has 1 fully saturated rings. The number of amides is 1. The van der Waals surface area contributed by atoms with Crippen LogP contribution >= 0.6 is 0 Å². The molecule has 0 bridgehead atoms. The number of likely N-dealkylation sites (tertiary alicyclic amines) is 1. The number of carbonyl (C=O) groups is 2. The molecule has 0 saturated carbocycles. The highest BCUT2D eigenvalue weighted by Gasteiger charge is 2.37. The van der Waals surface area contributed by atoms with E-state index in [4.69, 9.17) is 9.52 Å². The summed E-state index contributed by atoms with van der Waals surface area (Å²) in [5.41, 5.74) is 0.665. The standard InChI is InChI=1S/C15H15NO4/c1-9-7-16(8-11(9)15(18)19)14(17)13-6-10-4-2-3-5-12(10)20-13/h2-6,9,11H,7-8H2,1H3,(H,18,19). The minimum Gasteiger partial charge on any atom is -0.481 e. The van der Waals surface area contributed by atoms with E-state index in [1.165, 1.54) is 0 Å². The summed E-state index contributed by atoms with van der Waals surface area (Å²) in [7, 11) is 0. The van der Waals surface area contributed by atoms with Gasteiger partial charge in [0.05, 0.1) is 5.92 Å². The van der Waals surface area contributed by atoms with E-state index in [0.29, 0.717) is 12.1 Å². The zero-order valence-corrected chi connectivity index (χ0v) is 11.1. The molecule has 5 heteroatoms. The first-order valence-electron chi connectivity index (χ1n) is 6.57. The van der Waals surface area contributed by atoms with Crippen molar-refractivity contribution in [3.05, 3.63) is 36.1 Å². The van der Waals surface area contributed by atoms with Crippen molar-refractivity contribution in [2.45, 2.75) is 6.92 Å². The molecule has 2 aromatic rings. The first-order chi connectivity index (χ1) is 9.56. The number of rotatable bonds is 2. The summed E-state index contributed by atoms with van der Waals surface area (Å²) in [6, 6.07) is 9.11. The maximum atomic E-state index is 12.4. The molecule has 1 aliphatic heterocycles. The van der Waals surface area contributed by atoms with Gasteiger partial charge in [0, 0.05) is 18.5 Å². The van der Waals surface area contributed by atoms with Crippen LogP contribution in [0.1, 0.15) is 17.5 Å². The van der Waals surface area contributed by atoms with E-state index in [1.807, 2.05) is 25.1 Å². The number of fused-ring (bicyclic) bond motifs is 1. The molecule has 1 amide bonds. The highest BCUT2D eigenvalue weighted by atomic mass is 16.4. The first kappa shape index (κ1) is 12.7. The van der Waals surface area contributed by atoms with Crippen molar-refractivity contribution in [2.75, 3.05) is 13.1 Å². The Morgan fingerprint density at radius 2 is 2.05 bits per heavy atom. The smallest absolute Gasteiger partial charge is 0.308 e. The average Bonchev–Trinajstić information content (AvgIpc) is 3.01. The lowest BCUT2D eigenvalue weighted by Gasteiger charge is -2.13. The maximum absolute atomic E-state index is 12.4. The van der Waals surface area contributed by atoms with Gasteiger partial charge in [-0.15, -0.1) is 0 Å². The van der Waals surface area contributed by atoms with Gasteiger partial charge in [0.25, 0.3) is 5.91 Å². The topological polar surface area (TPSA) is 70.8 Å². The minimum absolute atomic E-state index is 0.0409. The summed E-state index contributed by atoms with van der Waals surface area (Å²) in [6.45, 7) is 2.55. The lowest BCUT2D eigenvalue weighted by molar-refractivity contribution is -0.142. The van der Waals surface area contributed by atoms with Crippen LogP contribution in [0.3, 0.4) is 0 Å². The average molecular weight is 273 g/mol. The predicted molar refractivity (Wildman–Crippen MR) is 72.4 cm³/mol. The molecule has 0 aliphatic carbocycles. The SMILES string of the molecule is CC1CN(C(=O)c2cc3ccccc3o2)CC1C(=O)O. The maximum Gasteiger partial charge on any atom is 0.308 e. The fourth-order valence-electron chi connectivity index (χ4n) is 2.70. The summed E-state index contributed by atoms with van der Waals surface area (Å²) < 4.78 is 5.53. The van der Waals surface area contributed by atoms with Crippen LogP contribution < -0.4 is 0 Å². The number of benzene rings is 1. The van der Waals surface area contributed by atoms with Crippen molar-refractivity contribution in [2.24, 2.45) is 11.8 Å². The van der Waals surface area contributed by atoms with Crippen molar-refractivity contribution in [3.8, 4) is 0 Å². The van der Waals surface area contributed by atoms with Gasteiger partial charge >= 0.3 is 5.97 Å². The van der Waals surface area contributed by atoms with E-state index in [0.717, 1.165) is 5.39 Å². The molecule has 5 nitrogen and oxygen atoms in total. The first-order valence-corrected chi connectivity index (χ1v) is 6.57. The summed E-state index contributed by atoms with van der Waals surface area (Å²) in [5.74, 6) is -1.36. The lowest BCUT2D eigenvalue weighted by atomic mass is 9.99. The lowest BCUT2D eigenvalue weighted by Crippen LogP contribution is -2.29. The summed E-state index contributed by atoms with van der Waals surface area (Å²) in [5, 5.41) is 9.98. The Hall–Kier alpha value is -2.30. The third-order valence-electron chi connectivity index (χ3n) is 3.85. The van der Waals surface area contributed by atoms with Gasteiger partial charge in [-0.3, -0.25) is 9.59 Å². The number of carboxylic acids is 1. The molecule has 1 saturated heterocycles. The number of hydrogen-bond acceptors (Lipinski definition) is 3. The van der Waals surface area contributed by atoms with E-state index in [1.54, 1.807) is 17.0 Å². The number of carbonyl (C=O) groups excluding carboxylic acids is 1. The van der Waals surface area contributed by atoms with Crippen LogP contribution in [-0.2, 0) is 4.79 Å². The molecule has 0 spiro atoms. The van der Waals surface area contributed by atoms with E-state index < -0.39 is 11.9 Å². The molecule has 104 valence electrons. The molecule has 20 heavy (non-hydrogen) atoms. The van der Waals surface area contributed by atoms with Crippen LogP contribution in [0.4, 0.5) is 0 Å². The zero-order chi connectivity index (χ0) is 14.3. The van der Waals surface area contributed by atoms with Gasteiger partial charge in [0.1, 0.15) is 5.58 Å².